The van der Waals surface area contributed by atoms with E-state index in [2.05, 4.69) is 30.8 Å². The predicted octanol–water partition coefficient (Wildman–Crippen LogP) is 5.26. The van der Waals surface area contributed by atoms with Gasteiger partial charge in [-0.2, -0.15) is 18.2 Å². The first-order chi connectivity index (χ1) is 20.0. The number of β-amino-alcohol motifs (C(OH)–C–C–N with tert-alkyl or cyclic N) is 1. The van der Waals surface area contributed by atoms with Crippen LogP contribution < -0.4 is 20.7 Å². The molecule has 1 unspecified atom stereocenters. The number of amides is 1. The van der Waals surface area contributed by atoms with Gasteiger partial charge in [-0.25, -0.2) is 4.98 Å². The largest absolute Gasteiger partial charge is 0.495 e. The van der Waals surface area contributed by atoms with Crippen LogP contribution in [0.3, 0.4) is 0 Å². The number of methoxy groups -OCH3 is 1. The zero-order chi connectivity index (χ0) is 30.1. The standard InChI is InChI=1S/C30H35F3N6O3/c1-29(2)25-19(6-4-8-23(25)36-27(29)41)15-34-26-21(30(31,32)33)16-35-28(38-26)37-22-10-9-18(14-24(22)42-3)20-7-5-11-39(17-20)12-13-40/h4,6,8-10,14,16,20,40H,5,7,11-13,15,17H2,1-3H3,(H,36,41)(H2,34,35,37,38). The van der Waals surface area contributed by atoms with Crippen LogP contribution in [-0.2, 0) is 22.9 Å². The molecule has 2 aliphatic rings. The van der Waals surface area contributed by atoms with Gasteiger partial charge in [0, 0.05) is 31.5 Å². The number of nitrogens with zero attached hydrogens (tertiary/aromatic N) is 3. The van der Waals surface area contributed by atoms with Gasteiger partial charge in [0.25, 0.3) is 0 Å². The number of carbonyl (C=O) groups excluding carboxylic acids is 1. The summed E-state index contributed by atoms with van der Waals surface area (Å²) in [6.45, 7) is 6.12. The average molecular weight is 585 g/mol. The minimum Gasteiger partial charge on any atom is -0.495 e. The van der Waals surface area contributed by atoms with Gasteiger partial charge in [-0.3, -0.25) is 4.79 Å². The molecular weight excluding hydrogens is 549 g/mol. The Kier molecular flexibility index (Phi) is 8.29. The fourth-order valence-corrected chi connectivity index (χ4v) is 5.80. The third-order valence-electron chi connectivity index (χ3n) is 8.00. The number of piperidine rings is 1. The third kappa shape index (κ3) is 6.00. The summed E-state index contributed by atoms with van der Waals surface area (Å²) in [6.07, 6.45) is -1.89. The highest BCUT2D eigenvalue weighted by atomic mass is 19.4. The minimum absolute atomic E-state index is 0.0216. The van der Waals surface area contributed by atoms with Crippen molar-refractivity contribution < 1.29 is 27.8 Å². The Hall–Kier alpha value is -3.90. The molecule has 0 bridgehead atoms. The van der Waals surface area contributed by atoms with E-state index in [-0.39, 0.29) is 36.7 Å². The van der Waals surface area contributed by atoms with Crippen molar-refractivity contribution in [2.75, 3.05) is 49.3 Å². The van der Waals surface area contributed by atoms with E-state index in [1.807, 2.05) is 18.2 Å². The van der Waals surface area contributed by atoms with Crippen LogP contribution in [0.25, 0.3) is 0 Å². The number of ether oxygens (including phenoxy) is 1. The number of anilines is 4. The molecule has 0 spiro atoms. The predicted molar refractivity (Wildman–Crippen MR) is 154 cm³/mol. The minimum atomic E-state index is -4.68. The number of hydrogen-bond donors (Lipinski definition) is 4. The molecule has 0 aliphatic carbocycles. The topological polar surface area (TPSA) is 112 Å². The van der Waals surface area contributed by atoms with Gasteiger partial charge in [-0.1, -0.05) is 18.2 Å². The summed E-state index contributed by atoms with van der Waals surface area (Å²) in [5.41, 5.74) is 1.86. The Labute approximate surface area is 242 Å². The number of likely N-dealkylation sites (tertiary alicyclic amines) is 1. The molecule has 0 radical (unpaired) electrons. The fraction of sp³-hybridized carbons (Fsp3) is 0.433. The first-order valence-corrected chi connectivity index (χ1v) is 13.9. The van der Waals surface area contributed by atoms with Crippen LogP contribution in [0.2, 0.25) is 0 Å². The molecule has 2 aliphatic heterocycles. The Morgan fingerprint density at radius 3 is 2.79 bits per heavy atom. The molecule has 2 aromatic carbocycles. The highest BCUT2D eigenvalue weighted by molar-refractivity contribution is 6.06. The maximum Gasteiger partial charge on any atom is 0.421 e. The summed E-state index contributed by atoms with van der Waals surface area (Å²) < 4.78 is 47.3. The van der Waals surface area contributed by atoms with Gasteiger partial charge >= 0.3 is 6.18 Å². The molecule has 1 atom stereocenters. The van der Waals surface area contributed by atoms with Gasteiger partial charge in [0.15, 0.2) is 0 Å². The Bertz CT molecular complexity index is 1460. The van der Waals surface area contributed by atoms with E-state index in [0.29, 0.717) is 29.2 Å². The van der Waals surface area contributed by atoms with Crippen LogP contribution in [0.4, 0.5) is 36.3 Å². The van der Waals surface area contributed by atoms with E-state index < -0.39 is 17.2 Å². The molecule has 4 N–H and O–H groups in total. The number of alkyl halides is 3. The number of carbonyl (C=O) groups is 1. The number of aliphatic hydroxyl groups excluding tert-OH is 1. The van der Waals surface area contributed by atoms with Crippen LogP contribution in [0, 0.1) is 0 Å². The number of nitrogens with one attached hydrogen (secondary N) is 3. The number of fused-ring (bicyclic) bond motifs is 1. The van der Waals surface area contributed by atoms with E-state index in [9.17, 15) is 23.1 Å². The maximum atomic E-state index is 13.9. The molecule has 42 heavy (non-hydrogen) atoms. The van der Waals surface area contributed by atoms with E-state index >= 15 is 0 Å². The van der Waals surface area contributed by atoms with Crippen LogP contribution in [-0.4, -0.2) is 59.2 Å². The second-order valence-electron chi connectivity index (χ2n) is 11.2. The first kappa shape index (κ1) is 29.6. The first-order valence-electron chi connectivity index (χ1n) is 13.9. The summed E-state index contributed by atoms with van der Waals surface area (Å²) >= 11 is 0. The van der Waals surface area contributed by atoms with Crippen LogP contribution in [0.15, 0.2) is 42.6 Å². The van der Waals surface area contributed by atoms with E-state index in [1.165, 1.54) is 7.11 Å². The third-order valence-corrected chi connectivity index (χ3v) is 8.00. The molecule has 224 valence electrons. The summed E-state index contributed by atoms with van der Waals surface area (Å²) in [4.78, 5) is 22.8. The van der Waals surface area contributed by atoms with Crippen molar-refractivity contribution in [2.24, 2.45) is 0 Å². The summed E-state index contributed by atoms with van der Waals surface area (Å²) in [6, 6.07) is 11.0. The molecule has 9 nitrogen and oxygen atoms in total. The molecule has 3 heterocycles. The number of aliphatic hydroxyl groups is 1. The van der Waals surface area contributed by atoms with E-state index in [0.717, 1.165) is 43.3 Å². The lowest BCUT2D eigenvalue weighted by Crippen LogP contribution is -2.36. The lowest BCUT2D eigenvalue weighted by Gasteiger charge is -2.32. The molecule has 0 saturated carbocycles. The molecule has 5 rings (SSSR count). The molecule has 1 amide bonds. The zero-order valence-corrected chi connectivity index (χ0v) is 23.8. The molecule has 3 aromatic rings. The van der Waals surface area contributed by atoms with Gasteiger partial charge in [-0.05, 0) is 74.0 Å². The summed E-state index contributed by atoms with van der Waals surface area (Å²) in [5.74, 6) is 0.221. The Morgan fingerprint density at radius 2 is 2.05 bits per heavy atom. The summed E-state index contributed by atoms with van der Waals surface area (Å²) in [7, 11) is 1.53. The van der Waals surface area contributed by atoms with Gasteiger partial charge in [0.1, 0.15) is 17.1 Å². The smallest absolute Gasteiger partial charge is 0.421 e. The maximum absolute atomic E-state index is 13.9. The van der Waals surface area contributed by atoms with Gasteiger partial charge < -0.3 is 30.7 Å². The molecule has 1 saturated heterocycles. The normalized spacial score (nSPS) is 18.4. The Balaban J connectivity index is 1.38. The van der Waals surface area contributed by atoms with Crippen molar-refractivity contribution in [3.05, 3.63) is 64.8 Å². The van der Waals surface area contributed by atoms with Crippen molar-refractivity contribution in [3.8, 4) is 5.75 Å². The van der Waals surface area contributed by atoms with Gasteiger partial charge in [0.2, 0.25) is 11.9 Å². The molecule has 12 heteroatoms. The quantitative estimate of drug-likeness (QED) is 0.270. The van der Waals surface area contributed by atoms with Gasteiger partial charge in [-0.15, -0.1) is 0 Å². The number of benzene rings is 2. The molecule has 1 aromatic heterocycles. The number of rotatable bonds is 9. The highest BCUT2D eigenvalue weighted by Gasteiger charge is 2.40. The van der Waals surface area contributed by atoms with Crippen molar-refractivity contribution in [1.82, 2.24) is 14.9 Å². The number of halogens is 3. The highest BCUT2D eigenvalue weighted by Crippen LogP contribution is 2.41. The van der Waals surface area contributed by atoms with E-state index in [1.54, 1.807) is 32.0 Å². The van der Waals surface area contributed by atoms with Crippen molar-refractivity contribution in [1.29, 1.82) is 0 Å². The second-order valence-corrected chi connectivity index (χ2v) is 11.2. The van der Waals surface area contributed by atoms with Crippen molar-refractivity contribution in [2.45, 2.75) is 50.7 Å². The van der Waals surface area contributed by atoms with Crippen LogP contribution >= 0.6 is 0 Å². The van der Waals surface area contributed by atoms with Crippen molar-refractivity contribution >= 4 is 29.0 Å². The van der Waals surface area contributed by atoms with Crippen LogP contribution in [0.1, 0.15) is 54.9 Å². The Morgan fingerprint density at radius 1 is 1.24 bits per heavy atom. The van der Waals surface area contributed by atoms with Crippen molar-refractivity contribution in [3.63, 3.8) is 0 Å². The second kappa shape index (κ2) is 11.8. The fourth-order valence-electron chi connectivity index (χ4n) is 5.80. The average Bonchev–Trinajstić information content (AvgIpc) is 3.20. The zero-order valence-electron chi connectivity index (χ0n) is 23.8. The summed E-state index contributed by atoms with van der Waals surface area (Å²) in [5, 5.41) is 18.0. The molecular formula is C30H35F3N6O3. The van der Waals surface area contributed by atoms with Gasteiger partial charge in [0.05, 0.1) is 24.8 Å². The van der Waals surface area contributed by atoms with Crippen LogP contribution in [0.5, 0.6) is 5.75 Å². The lowest BCUT2D eigenvalue weighted by atomic mass is 9.83. The number of aromatic nitrogens is 2. The lowest BCUT2D eigenvalue weighted by molar-refractivity contribution is -0.137. The SMILES string of the molecule is COc1cc(C2CCCN(CCO)C2)ccc1Nc1ncc(C(F)(F)F)c(NCc2cccc3c2C(C)(C)C(=O)N3)n1. The monoisotopic (exact) mass is 584 g/mol. The number of hydrogen-bond acceptors (Lipinski definition) is 8. The van der Waals surface area contributed by atoms with E-state index in [4.69, 9.17) is 4.74 Å². The molecule has 1 fully saturated rings.